The number of aromatic nitrogens is 1. The lowest BCUT2D eigenvalue weighted by Crippen LogP contribution is -2.06. The highest BCUT2D eigenvalue weighted by molar-refractivity contribution is 5.44. The minimum Gasteiger partial charge on any atom is -0.350 e. The summed E-state index contributed by atoms with van der Waals surface area (Å²) >= 11 is 0. The Balaban J connectivity index is 2.52. The van der Waals surface area contributed by atoms with E-state index in [0.29, 0.717) is 0 Å². The summed E-state index contributed by atoms with van der Waals surface area (Å²) in [6.45, 7) is 3.22. The summed E-state index contributed by atoms with van der Waals surface area (Å²) < 4.78 is 2.31. The van der Waals surface area contributed by atoms with Crippen LogP contribution in [0.5, 0.6) is 0 Å². The Morgan fingerprint density at radius 2 is 2.23 bits per heavy atom. The van der Waals surface area contributed by atoms with E-state index in [1.807, 2.05) is 0 Å². The molecule has 1 aromatic heterocycles. The molecule has 0 fully saturated rings. The van der Waals surface area contributed by atoms with E-state index in [-0.39, 0.29) is 0 Å². The molecule has 0 saturated carbocycles. The molecule has 0 radical (unpaired) electrons. The zero-order valence-corrected chi connectivity index (χ0v) is 8.14. The van der Waals surface area contributed by atoms with Gasteiger partial charge in [0, 0.05) is 24.0 Å². The van der Waals surface area contributed by atoms with Crippen LogP contribution in [0.1, 0.15) is 36.6 Å². The monoisotopic (exact) mass is 173 g/mol. The van der Waals surface area contributed by atoms with E-state index in [9.17, 15) is 0 Å². The fourth-order valence-corrected chi connectivity index (χ4v) is 2.21. The predicted molar refractivity (Wildman–Crippen MR) is 54.7 cm³/mol. The maximum Gasteiger partial charge on any atom is 0.0454 e. The molecule has 0 bridgehead atoms. The highest BCUT2D eigenvalue weighted by atomic mass is 15.0. The molecule has 2 rings (SSSR count). The molecular weight excluding hydrogens is 158 g/mol. The van der Waals surface area contributed by atoms with Crippen molar-refractivity contribution in [2.45, 2.75) is 39.2 Å². The smallest absolute Gasteiger partial charge is 0.0454 e. The van der Waals surface area contributed by atoms with Crippen LogP contribution >= 0.6 is 0 Å². The number of hydrogen-bond donors (Lipinski definition) is 0. The molecule has 1 heteroatoms. The summed E-state index contributed by atoms with van der Waals surface area (Å²) in [4.78, 5) is 0. The lowest BCUT2D eigenvalue weighted by Gasteiger charge is -2.14. The highest BCUT2D eigenvalue weighted by Gasteiger charge is 2.16. The average Bonchev–Trinajstić information content (AvgIpc) is 2.56. The van der Waals surface area contributed by atoms with Gasteiger partial charge in [0.1, 0.15) is 0 Å². The number of aryl methyl sites for hydroxylation is 1. The molecule has 0 atom stereocenters. The summed E-state index contributed by atoms with van der Waals surface area (Å²) in [5.74, 6) is 2.79. The Morgan fingerprint density at radius 3 is 2.92 bits per heavy atom. The topological polar surface area (TPSA) is 4.93 Å². The zero-order valence-electron chi connectivity index (χ0n) is 8.14. The van der Waals surface area contributed by atoms with Crippen LogP contribution in [-0.4, -0.2) is 4.57 Å². The van der Waals surface area contributed by atoms with Gasteiger partial charge in [0.15, 0.2) is 0 Å². The van der Waals surface area contributed by atoms with Gasteiger partial charge in [-0.15, -0.1) is 6.42 Å². The number of hydrogen-bond acceptors (Lipinski definition) is 0. The number of rotatable bonds is 1. The van der Waals surface area contributed by atoms with Crippen LogP contribution in [0.3, 0.4) is 0 Å². The Morgan fingerprint density at radius 1 is 1.46 bits per heavy atom. The van der Waals surface area contributed by atoms with Crippen LogP contribution in [0.15, 0.2) is 6.20 Å². The Labute approximate surface area is 79.8 Å². The van der Waals surface area contributed by atoms with Crippen molar-refractivity contribution in [3.05, 3.63) is 23.0 Å². The Bertz CT molecular complexity index is 352. The van der Waals surface area contributed by atoms with Gasteiger partial charge in [0.05, 0.1) is 0 Å². The largest absolute Gasteiger partial charge is 0.350 e. The summed E-state index contributed by atoms with van der Waals surface area (Å²) in [5.41, 5.74) is 4.05. The van der Waals surface area contributed by atoms with E-state index in [1.165, 1.54) is 36.9 Å². The third-order valence-electron chi connectivity index (χ3n) is 2.89. The number of nitrogens with zero attached hydrogens (tertiary/aromatic N) is 1. The van der Waals surface area contributed by atoms with Crippen LogP contribution < -0.4 is 0 Å². The molecule has 0 amide bonds. The van der Waals surface area contributed by atoms with Crippen LogP contribution in [0, 0.1) is 12.3 Å². The first kappa shape index (κ1) is 8.44. The molecule has 0 spiro atoms. The average molecular weight is 173 g/mol. The molecule has 1 aliphatic carbocycles. The SMILES string of the molecule is C#Cc1cn(CC)c2c1CCCC2. The van der Waals surface area contributed by atoms with Crippen molar-refractivity contribution in [2.24, 2.45) is 0 Å². The Hall–Kier alpha value is -1.16. The predicted octanol–water partition coefficient (Wildman–Crippen LogP) is 2.37. The highest BCUT2D eigenvalue weighted by Crippen LogP contribution is 2.25. The summed E-state index contributed by atoms with van der Waals surface area (Å²) in [6, 6.07) is 0. The van der Waals surface area contributed by atoms with Crippen molar-refractivity contribution in [3.63, 3.8) is 0 Å². The summed E-state index contributed by atoms with van der Waals surface area (Å²) in [6.07, 6.45) is 12.6. The molecule has 1 nitrogen and oxygen atoms in total. The van der Waals surface area contributed by atoms with Gasteiger partial charge in [-0.05, 0) is 38.2 Å². The van der Waals surface area contributed by atoms with E-state index >= 15 is 0 Å². The maximum absolute atomic E-state index is 5.48. The first-order chi connectivity index (χ1) is 6.36. The molecular formula is C12H15N. The van der Waals surface area contributed by atoms with Crippen molar-refractivity contribution in [2.75, 3.05) is 0 Å². The molecule has 68 valence electrons. The van der Waals surface area contributed by atoms with Gasteiger partial charge in [-0.25, -0.2) is 0 Å². The standard InChI is InChI=1S/C12H15N/c1-3-10-9-13(4-2)12-8-6-5-7-11(10)12/h1,9H,4-8H2,2H3. The molecule has 0 N–H and O–H groups in total. The van der Waals surface area contributed by atoms with Crippen molar-refractivity contribution in [1.82, 2.24) is 4.57 Å². The fourth-order valence-electron chi connectivity index (χ4n) is 2.21. The molecule has 0 unspecified atom stereocenters. The fraction of sp³-hybridized carbons (Fsp3) is 0.500. The van der Waals surface area contributed by atoms with Crippen molar-refractivity contribution < 1.29 is 0 Å². The van der Waals surface area contributed by atoms with Gasteiger partial charge in [0.2, 0.25) is 0 Å². The molecule has 1 heterocycles. The minimum atomic E-state index is 1.05. The molecule has 13 heavy (non-hydrogen) atoms. The second-order valence-corrected chi connectivity index (χ2v) is 3.61. The van der Waals surface area contributed by atoms with Gasteiger partial charge in [-0.1, -0.05) is 5.92 Å². The quantitative estimate of drug-likeness (QED) is 0.575. The van der Waals surface area contributed by atoms with E-state index in [4.69, 9.17) is 6.42 Å². The van der Waals surface area contributed by atoms with Gasteiger partial charge in [0.25, 0.3) is 0 Å². The zero-order chi connectivity index (χ0) is 9.26. The van der Waals surface area contributed by atoms with Crippen LogP contribution in [-0.2, 0) is 19.4 Å². The van der Waals surface area contributed by atoms with Crippen molar-refractivity contribution in [3.8, 4) is 12.3 Å². The number of terminal acetylenes is 1. The van der Waals surface area contributed by atoms with Crippen LogP contribution in [0.25, 0.3) is 0 Å². The van der Waals surface area contributed by atoms with E-state index in [2.05, 4.69) is 23.6 Å². The normalized spacial score (nSPS) is 15.1. The van der Waals surface area contributed by atoms with Gasteiger partial charge < -0.3 is 4.57 Å². The lowest BCUT2D eigenvalue weighted by molar-refractivity contribution is 0.622. The molecule has 0 aliphatic heterocycles. The second-order valence-electron chi connectivity index (χ2n) is 3.61. The van der Waals surface area contributed by atoms with Crippen LogP contribution in [0.4, 0.5) is 0 Å². The summed E-state index contributed by atoms with van der Waals surface area (Å²) in [7, 11) is 0. The third-order valence-corrected chi connectivity index (χ3v) is 2.89. The second kappa shape index (κ2) is 3.30. The first-order valence-corrected chi connectivity index (χ1v) is 5.04. The summed E-state index contributed by atoms with van der Waals surface area (Å²) in [5, 5.41) is 0. The third kappa shape index (κ3) is 1.27. The van der Waals surface area contributed by atoms with E-state index in [0.717, 1.165) is 12.1 Å². The van der Waals surface area contributed by atoms with Gasteiger partial charge in [-0.3, -0.25) is 0 Å². The number of fused-ring (bicyclic) bond motifs is 1. The van der Waals surface area contributed by atoms with E-state index < -0.39 is 0 Å². The van der Waals surface area contributed by atoms with Gasteiger partial charge >= 0.3 is 0 Å². The maximum atomic E-state index is 5.48. The van der Waals surface area contributed by atoms with Crippen LogP contribution in [0.2, 0.25) is 0 Å². The lowest BCUT2D eigenvalue weighted by atomic mass is 9.95. The molecule has 0 saturated heterocycles. The van der Waals surface area contributed by atoms with Gasteiger partial charge in [-0.2, -0.15) is 0 Å². The first-order valence-electron chi connectivity index (χ1n) is 5.04. The Kier molecular flexibility index (Phi) is 2.14. The van der Waals surface area contributed by atoms with Crippen molar-refractivity contribution in [1.29, 1.82) is 0 Å². The molecule has 0 aromatic carbocycles. The molecule has 1 aliphatic rings. The minimum absolute atomic E-state index is 1.05. The van der Waals surface area contributed by atoms with E-state index in [1.54, 1.807) is 0 Å². The molecule has 1 aromatic rings. The van der Waals surface area contributed by atoms with Crippen molar-refractivity contribution >= 4 is 0 Å².